The van der Waals surface area contributed by atoms with Crippen LogP contribution >= 0.6 is 0 Å². The van der Waals surface area contributed by atoms with Crippen LogP contribution in [0.25, 0.3) is 0 Å². The normalized spacial score (nSPS) is 22.3. The molecule has 1 aliphatic heterocycles. The number of hydrogen-bond donors (Lipinski definition) is 1. The van der Waals surface area contributed by atoms with Crippen LogP contribution in [-0.2, 0) is 10.9 Å². The van der Waals surface area contributed by atoms with Crippen LogP contribution in [0.5, 0.6) is 5.75 Å². The molecule has 1 N–H and O–H groups in total. The molecule has 3 nitrogen and oxygen atoms in total. The number of ether oxygens (including phenoxy) is 2. The molecule has 0 unspecified atom stereocenters. The molecule has 23 heavy (non-hydrogen) atoms. The van der Waals surface area contributed by atoms with Crippen LogP contribution in [0.2, 0.25) is 0 Å². The van der Waals surface area contributed by atoms with Gasteiger partial charge in [0.05, 0.1) is 12.2 Å². The topological polar surface area (TPSA) is 30.5 Å². The van der Waals surface area contributed by atoms with Gasteiger partial charge in [-0.05, 0) is 30.7 Å². The van der Waals surface area contributed by atoms with Crippen molar-refractivity contribution in [2.75, 3.05) is 13.2 Å². The molecule has 1 aliphatic rings. The minimum atomic E-state index is -4.64. The molecule has 0 aromatic heterocycles. The summed E-state index contributed by atoms with van der Waals surface area (Å²) in [5, 5.41) is 3.00. The van der Waals surface area contributed by atoms with Gasteiger partial charge in [0.1, 0.15) is 11.9 Å². The van der Waals surface area contributed by atoms with Gasteiger partial charge >= 0.3 is 12.5 Å². The largest absolute Gasteiger partial charge is 0.522 e. The Balaban J connectivity index is 1.77. The minimum Gasteiger partial charge on any atom is -0.489 e. The summed E-state index contributed by atoms with van der Waals surface area (Å²) in [4.78, 5) is 0. The Morgan fingerprint density at radius 3 is 2.26 bits per heavy atom. The van der Waals surface area contributed by atoms with E-state index in [9.17, 15) is 26.3 Å². The average molecular weight is 343 g/mol. The fourth-order valence-corrected chi connectivity index (χ4v) is 2.32. The van der Waals surface area contributed by atoms with E-state index in [4.69, 9.17) is 4.74 Å². The summed E-state index contributed by atoms with van der Waals surface area (Å²) in [6.07, 6.45) is -8.72. The Hall–Kier alpha value is -1.48. The molecule has 0 bridgehead atoms. The van der Waals surface area contributed by atoms with Crippen LogP contribution in [0, 0.1) is 0 Å². The Kier molecular flexibility index (Phi) is 5.41. The number of halogens is 6. The van der Waals surface area contributed by atoms with Crippen molar-refractivity contribution in [1.29, 1.82) is 0 Å². The van der Waals surface area contributed by atoms with Crippen molar-refractivity contribution in [1.82, 2.24) is 5.32 Å². The van der Waals surface area contributed by atoms with E-state index in [1.54, 1.807) is 0 Å². The van der Waals surface area contributed by atoms with Gasteiger partial charge in [-0.1, -0.05) is 0 Å². The van der Waals surface area contributed by atoms with Crippen molar-refractivity contribution >= 4 is 0 Å². The van der Waals surface area contributed by atoms with Crippen molar-refractivity contribution in [2.24, 2.45) is 0 Å². The Bertz CT molecular complexity index is 499. The predicted octanol–water partition coefficient (Wildman–Crippen LogP) is 3.74. The van der Waals surface area contributed by atoms with Crippen molar-refractivity contribution in [3.8, 4) is 5.75 Å². The molecule has 0 radical (unpaired) electrons. The first-order valence-electron chi connectivity index (χ1n) is 6.91. The number of nitrogens with one attached hydrogen (secondary N) is 1. The van der Waals surface area contributed by atoms with E-state index in [1.165, 1.54) is 12.1 Å². The number of rotatable bonds is 5. The maximum atomic E-state index is 12.4. The highest BCUT2D eigenvalue weighted by molar-refractivity contribution is 5.29. The molecule has 2 atom stereocenters. The molecule has 0 saturated carbocycles. The van der Waals surface area contributed by atoms with E-state index >= 15 is 0 Å². The van der Waals surface area contributed by atoms with Crippen LogP contribution in [0.15, 0.2) is 24.3 Å². The van der Waals surface area contributed by atoms with Crippen LogP contribution in [-0.4, -0.2) is 31.7 Å². The Morgan fingerprint density at radius 1 is 1.04 bits per heavy atom. The first kappa shape index (κ1) is 17.9. The summed E-state index contributed by atoms with van der Waals surface area (Å²) in [5.74, 6) is 0.289. The number of benzene rings is 1. The van der Waals surface area contributed by atoms with Gasteiger partial charge in [0, 0.05) is 19.0 Å². The summed E-state index contributed by atoms with van der Waals surface area (Å²) >= 11 is 0. The summed E-state index contributed by atoms with van der Waals surface area (Å²) in [6, 6.07) is 4.11. The van der Waals surface area contributed by atoms with Crippen molar-refractivity contribution in [2.45, 2.75) is 37.5 Å². The van der Waals surface area contributed by atoms with E-state index < -0.39 is 24.7 Å². The molecule has 130 valence electrons. The van der Waals surface area contributed by atoms with Gasteiger partial charge in [-0.3, -0.25) is 4.74 Å². The van der Waals surface area contributed by atoms with Gasteiger partial charge in [-0.15, -0.1) is 13.2 Å². The minimum absolute atomic E-state index is 0.173. The molecule has 1 heterocycles. The predicted molar refractivity (Wildman–Crippen MR) is 68.9 cm³/mol. The molecule has 0 aliphatic carbocycles. The summed E-state index contributed by atoms with van der Waals surface area (Å²) in [6.45, 7) is -0.0358. The molecular formula is C14H15F6NO2. The monoisotopic (exact) mass is 343 g/mol. The lowest BCUT2D eigenvalue weighted by molar-refractivity contribution is -0.325. The second kappa shape index (κ2) is 6.96. The highest BCUT2D eigenvalue weighted by Gasteiger charge is 2.32. The SMILES string of the molecule is FC(F)(F)OCC[C@@H]1C[C@H](Oc2ccc(C(F)(F)F)cc2)CN1. The zero-order valence-corrected chi connectivity index (χ0v) is 11.9. The average Bonchev–Trinajstić information content (AvgIpc) is 2.84. The molecule has 2 rings (SSSR count). The Morgan fingerprint density at radius 2 is 1.70 bits per heavy atom. The third-order valence-corrected chi connectivity index (χ3v) is 3.40. The molecule has 9 heteroatoms. The van der Waals surface area contributed by atoms with Crippen LogP contribution < -0.4 is 10.1 Å². The molecule has 1 fully saturated rings. The maximum Gasteiger partial charge on any atom is 0.522 e. The number of hydrogen-bond acceptors (Lipinski definition) is 3. The standard InChI is InChI=1S/C14H15F6NO2/c15-13(16,17)9-1-3-11(4-2-9)23-12-7-10(21-8-12)5-6-22-14(18,19)20/h1-4,10,12,21H,5-8H2/t10-,12+/m1/s1. The van der Waals surface area contributed by atoms with Crippen molar-refractivity contribution < 1.29 is 35.8 Å². The summed E-state index contributed by atoms with van der Waals surface area (Å²) in [5.41, 5.74) is -0.767. The van der Waals surface area contributed by atoms with Gasteiger partial charge in [-0.2, -0.15) is 13.2 Å². The first-order chi connectivity index (χ1) is 10.6. The Labute approximate surface area is 128 Å². The van der Waals surface area contributed by atoms with Gasteiger partial charge < -0.3 is 10.1 Å². The van der Waals surface area contributed by atoms with Gasteiger partial charge in [0.15, 0.2) is 0 Å². The van der Waals surface area contributed by atoms with Crippen molar-refractivity contribution in [3.05, 3.63) is 29.8 Å². The zero-order valence-electron chi connectivity index (χ0n) is 11.9. The van der Waals surface area contributed by atoms with Crippen molar-refractivity contribution in [3.63, 3.8) is 0 Å². The first-order valence-corrected chi connectivity index (χ1v) is 6.91. The number of alkyl halides is 6. The molecule has 1 aromatic rings. The third-order valence-electron chi connectivity index (χ3n) is 3.40. The second-order valence-corrected chi connectivity index (χ2v) is 5.19. The van der Waals surface area contributed by atoms with Gasteiger partial charge in [0.2, 0.25) is 0 Å². The molecule has 1 aromatic carbocycles. The molecule has 1 saturated heterocycles. The fraction of sp³-hybridized carbons (Fsp3) is 0.571. The van der Waals surface area contributed by atoms with Crippen LogP contribution in [0.4, 0.5) is 26.3 Å². The van der Waals surface area contributed by atoms with E-state index in [2.05, 4.69) is 10.1 Å². The van der Waals surface area contributed by atoms with E-state index in [-0.39, 0.29) is 24.3 Å². The molecule has 0 amide bonds. The molecule has 0 spiro atoms. The maximum absolute atomic E-state index is 12.4. The van der Waals surface area contributed by atoms with Crippen LogP contribution in [0.3, 0.4) is 0 Å². The smallest absolute Gasteiger partial charge is 0.489 e. The van der Waals surface area contributed by atoms with E-state index in [0.717, 1.165) is 12.1 Å². The summed E-state index contributed by atoms with van der Waals surface area (Å²) in [7, 11) is 0. The lowest BCUT2D eigenvalue weighted by atomic mass is 10.1. The lowest BCUT2D eigenvalue weighted by Crippen LogP contribution is -2.25. The highest BCUT2D eigenvalue weighted by atomic mass is 19.4. The quantitative estimate of drug-likeness (QED) is 0.826. The third kappa shape index (κ3) is 5.91. The highest BCUT2D eigenvalue weighted by Crippen LogP contribution is 2.30. The second-order valence-electron chi connectivity index (χ2n) is 5.19. The summed E-state index contributed by atoms with van der Waals surface area (Å²) < 4.78 is 82.1. The van der Waals surface area contributed by atoms with Gasteiger partial charge in [0.25, 0.3) is 0 Å². The van der Waals surface area contributed by atoms with Gasteiger partial charge in [-0.25, -0.2) is 0 Å². The molecular weight excluding hydrogens is 328 g/mol. The fourth-order valence-electron chi connectivity index (χ4n) is 2.32. The zero-order chi connectivity index (χ0) is 17.1. The lowest BCUT2D eigenvalue weighted by Gasteiger charge is -2.14. The van der Waals surface area contributed by atoms with Crippen LogP contribution in [0.1, 0.15) is 18.4 Å². The van der Waals surface area contributed by atoms with E-state index in [0.29, 0.717) is 13.0 Å². The van der Waals surface area contributed by atoms with E-state index in [1.807, 2.05) is 0 Å².